The second kappa shape index (κ2) is 4.87. The Hall–Kier alpha value is 0.0300. The summed E-state index contributed by atoms with van der Waals surface area (Å²) >= 11 is -2.19. The molecule has 0 aromatic rings. The molecule has 0 amide bonds. The van der Waals surface area contributed by atoms with Crippen LogP contribution in [-0.4, -0.2) is 26.6 Å². The minimum Gasteiger partial charge on any atom is -0.393 e. The highest BCUT2D eigenvalue weighted by Gasteiger charge is 1.96. The molecule has 0 aliphatic rings. The van der Waals surface area contributed by atoms with Crippen LogP contribution in [0.3, 0.4) is 0 Å². The summed E-state index contributed by atoms with van der Waals surface area (Å²) in [5.41, 5.74) is 0. The van der Waals surface area contributed by atoms with Gasteiger partial charge in [-0.15, -0.1) is 0 Å². The Labute approximate surface area is 56.3 Å². The van der Waals surface area contributed by atoms with Crippen LogP contribution >= 0.6 is 0 Å². The highest BCUT2D eigenvalue weighted by molar-refractivity contribution is 7.74. The van der Waals surface area contributed by atoms with E-state index in [9.17, 15) is 4.21 Å². The average Bonchev–Trinajstić information content (AvgIpc) is 1.63. The third-order valence-corrected chi connectivity index (χ3v) is 1.09. The van der Waals surface area contributed by atoms with Gasteiger partial charge in [-0.25, -0.2) is 0 Å². The van der Waals surface area contributed by atoms with Gasteiger partial charge in [-0.2, -0.15) is 4.21 Å². The third-order valence-electron chi connectivity index (χ3n) is 0.720. The van der Waals surface area contributed by atoms with Crippen LogP contribution in [-0.2, 0) is 15.5 Å². The quantitative estimate of drug-likeness (QED) is 0.555. The van der Waals surface area contributed by atoms with Crippen molar-refractivity contribution in [2.75, 3.05) is 6.61 Å². The molecule has 5 heteroatoms. The number of aliphatic hydroxyl groups is 1. The third kappa shape index (κ3) is 8.03. The normalized spacial score (nSPS) is 17.2. The van der Waals surface area contributed by atoms with E-state index in [2.05, 4.69) is 4.18 Å². The Bertz CT molecular complexity index is 92.6. The maximum Gasteiger partial charge on any atom is 0.301 e. The number of hydrogen-bond acceptors (Lipinski definition) is 3. The lowest BCUT2D eigenvalue weighted by Gasteiger charge is -2.00. The zero-order chi connectivity index (χ0) is 7.28. The Kier molecular flexibility index (Phi) is 4.88. The predicted octanol–water partition coefficient (Wildman–Crippen LogP) is -0.0894. The van der Waals surface area contributed by atoms with Crippen LogP contribution < -0.4 is 0 Å². The molecule has 0 saturated heterocycles. The highest BCUT2D eigenvalue weighted by atomic mass is 32.2. The van der Waals surface area contributed by atoms with Crippen molar-refractivity contribution < 1.29 is 18.1 Å². The lowest BCUT2D eigenvalue weighted by molar-refractivity contribution is 0.157. The van der Waals surface area contributed by atoms with Crippen molar-refractivity contribution >= 4 is 11.4 Å². The molecule has 0 saturated carbocycles. The van der Waals surface area contributed by atoms with Crippen LogP contribution in [0.2, 0.25) is 0 Å². The highest BCUT2D eigenvalue weighted by Crippen LogP contribution is 1.90. The fraction of sp³-hybridized carbons (Fsp3) is 1.00. The Balaban J connectivity index is 3.01. The van der Waals surface area contributed by atoms with E-state index in [1.54, 1.807) is 6.92 Å². The molecule has 56 valence electrons. The molecule has 2 atom stereocenters. The molecule has 0 aliphatic carbocycles. The summed E-state index contributed by atoms with van der Waals surface area (Å²) in [6, 6.07) is 0. The van der Waals surface area contributed by atoms with E-state index in [0.29, 0.717) is 6.42 Å². The zero-order valence-electron chi connectivity index (χ0n) is 5.11. The van der Waals surface area contributed by atoms with Crippen LogP contribution in [0.5, 0.6) is 0 Å². The van der Waals surface area contributed by atoms with Gasteiger partial charge in [-0.3, -0.25) is 8.74 Å². The minimum atomic E-state index is -2.19. The Morgan fingerprint density at radius 2 is 2.33 bits per heavy atom. The van der Waals surface area contributed by atoms with E-state index >= 15 is 0 Å². The summed E-state index contributed by atoms with van der Waals surface area (Å²) in [4.78, 5) is 0. The summed E-state index contributed by atoms with van der Waals surface area (Å²) < 4.78 is 22.0. The fourth-order valence-corrected chi connectivity index (χ4v) is 0.529. The second-order valence-corrected chi connectivity index (χ2v) is 2.35. The summed E-state index contributed by atoms with van der Waals surface area (Å²) in [6.45, 7) is 1.70. The monoisotopic (exact) mass is 154 g/mol. The molecule has 0 rings (SSSR count). The first-order valence-corrected chi connectivity index (χ1v) is 3.58. The van der Waals surface area contributed by atoms with Crippen LogP contribution in [0.4, 0.5) is 0 Å². The molecular weight excluding hydrogens is 144 g/mol. The molecule has 0 aromatic heterocycles. The summed E-state index contributed by atoms with van der Waals surface area (Å²) in [5.74, 6) is 0. The topological polar surface area (TPSA) is 66.8 Å². The van der Waals surface area contributed by atoms with Gasteiger partial charge in [0.1, 0.15) is 0 Å². The van der Waals surface area contributed by atoms with Gasteiger partial charge in [0.2, 0.25) is 0 Å². The van der Waals surface area contributed by atoms with Crippen molar-refractivity contribution in [3.05, 3.63) is 0 Å². The van der Waals surface area contributed by atoms with Crippen LogP contribution in [0.25, 0.3) is 0 Å². The van der Waals surface area contributed by atoms with Gasteiger partial charge in [0, 0.05) is 0 Å². The summed E-state index contributed by atoms with van der Waals surface area (Å²) in [7, 11) is 0. The van der Waals surface area contributed by atoms with Crippen molar-refractivity contribution in [3.8, 4) is 0 Å². The average molecular weight is 154 g/mol. The van der Waals surface area contributed by atoms with Crippen molar-refractivity contribution in [2.24, 2.45) is 0 Å². The molecule has 4 nitrogen and oxygen atoms in total. The molecule has 0 fully saturated rings. The van der Waals surface area contributed by atoms with E-state index in [1.807, 2.05) is 0 Å². The van der Waals surface area contributed by atoms with Crippen LogP contribution in [0, 0.1) is 0 Å². The van der Waals surface area contributed by atoms with Gasteiger partial charge in [0.25, 0.3) is 0 Å². The molecule has 0 spiro atoms. The SMILES string of the molecule is CC(O)CCOS(=O)O. The van der Waals surface area contributed by atoms with E-state index in [1.165, 1.54) is 0 Å². The summed E-state index contributed by atoms with van der Waals surface area (Å²) in [5, 5.41) is 8.60. The van der Waals surface area contributed by atoms with Gasteiger partial charge in [0.05, 0.1) is 12.7 Å². The smallest absolute Gasteiger partial charge is 0.301 e. The number of aliphatic hydroxyl groups excluding tert-OH is 1. The molecule has 9 heavy (non-hydrogen) atoms. The second-order valence-electron chi connectivity index (χ2n) is 1.68. The molecule has 0 radical (unpaired) electrons. The van der Waals surface area contributed by atoms with Gasteiger partial charge in [0.15, 0.2) is 0 Å². The van der Waals surface area contributed by atoms with Crippen molar-refractivity contribution in [3.63, 3.8) is 0 Å². The zero-order valence-corrected chi connectivity index (χ0v) is 5.93. The van der Waals surface area contributed by atoms with Crippen molar-refractivity contribution in [2.45, 2.75) is 19.4 Å². The van der Waals surface area contributed by atoms with Crippen LogP contribution in [0.1, 0.15) is 13.3 Å². The van der Waals surface area contributed by atoms with Gasteiger partial charge >= 0.3 is 11.4 Å². The van der Waals surface area contributed by atoms with E-state index in [0.717, 1.165) is 0 Å². The molecule has 0 aliphatic heterocycles. The maximum absolute atomic E-state index is 9.79. The van der Waals surface area contributed by atoms with Gasteiger partial charge in [-0.1, -0.05) is 0 Å². The maximum atomic E-state index is 9.79. The molecular formula is C4H10O4S. The minimum absolute atomic E-state index is 0.112. The Morgan fingerprint density at radius 1 is 1.78 bits per heavy atom. The van der Waals surface area contributed by atoms with Crippen molar-refractivity contribution in [1.82, 2.24) is 0 Å². The molecule has 0 bridgehead atoms. The largest absolute Gasteiger partial charge is 0.393 e. The Morgan fingerprint density at radius 3 is 2.67 bits per heavy atom. The first-order chi connectivity index (χ1) is 4.13. The molecule has 2 N–H and O–H groups in total. The first-order valence-electron chi connectivity index (χ1n) is 2.55. The van der Waals surface area contributed by atoms with Gasteiger partial charge in [-0.05, 0) is 13.3 Å². The lowest BCUT2D eigenvalue weighted by Crippen LogP contribution is -2.06. The number of hydrogen-bond donors (Lipinski definition) is 2. The first kappa shape index (κ1) is 9.03. The van der Waals surface area contributed by atoms with Crippen molar-refractivity contribution in [1.29, 1.82) is 0 Å². The van der Waals surface area contributed by atoms with Gasteiger partial charge < -0.3 is 5.11 Å². The van der Waals surface area contributed by atoms with Crippen LogP contribution in [0.15, 0.2) is 0 Å². The molecule has 0 heterocycles. The molecule has 0 aromatic carbocycles. The van der Waals surface area contributed by atoms with E-state index in [-0.39, 0.29) is 6.61 Å². The fourth-order valence-electron chi connectivity index (χ4n) is 0.290. The summed E-state index contributed by atoms with van der Waals surface area (Å²) in [6.07, 6.45) is -0.0969. The number of rotatable bonds is 4. The molecule has 2 unspecified atom stereocenters. The van der Waals surface area contributed by atoms with E-state index < -0.39 is 17.5 Å². The lowest BCUT2D eigenvalue weighted by atomic mass is 10.3. The standard InChI is InChI=1S/C4H10O4S/c1-4(5)2-3-8-9(6)7/h4-5H,2-3H2,1H3,(H,6,7). The van der Waals surface area contributed by atoms with E-state index in [4.69, 9.17) is 9.66 Å². The predicted molar refractivity (Wildman–Crippen MR) is 33.0 cm³/mol.